The van der Waals surface area contributed by atoms with Gasteiger partial charge >= 0.3 is 0 Å². The first-order valence-corrected chi connectivity index (χ1v) is 10.8. The van der Waals surface area contributed by atoms with E-state index in [4.69, 9.17) is 0 Å². The van der Waals surface area contributed by atoms with Gasteiger partial charge in [0.1, 0.15) is 5.69 Å². The van der Waals surface area contributed by atoms with Crippen LogP contribution in [0.25, 0.3) is 11.4 Å². The molecule has 30 heavy (non-hydrogen) atoms. The molecule has 4 rings (SSSR count). The fraction of sp³-hybridized carbons (Fsp3) is 0.450. The standard InChI is InChI=1S/C20H24FN7OS/c1-13-8-24-27(3)18(13)17-16(21)9-22-20(25-17)28-6-4-14(5-7-28)19(29)26(2)10-15-11-30-12-23-15/h8-9,11-12,14H,4-7,10H2,1-3H3. The van der Waals surface area contributed by atoms with Crippen molar-refractivity contribution >= 4 is 23.2 Å². The molecule has 10 heteroatoms. The van der Waals surface area contributed by atoms with Gasteiger partial charge in [0.05, 0.1) is 35.8 Å². The van der Waals surface area contributed by atoms with E-state index in [2.05, 4.69) is 20.1 Å². The molecule has 1 aliphatic heterocycles. The minimum atomic E-state index is -0.473. The molecule has 1 fully saturated rings. The number of hydrogen-bond donors (Lipinski definition) is 0. The van der Waals surface area contributed by atoms with Crippen molar-refractivity contribution in [1.82, 2.24) is 29.6 Å². The quantitative estimate of drug-likeness (QED) is 0.620. The van der Waals surface area contributed by atoms with Gasteiger partial charge in [-0.1, -0.05) is 0 Å². The van der Waals surface area contributed by atoms with E-state index >= 15 is 0 Å². The van der Waals surface area contributed by atoms with Crippen LogP contribution in [-0.2, 0) is 18.4 Å². The number of aryl methyl sites for hydroxylation is 2. The van der Waals surface area contributed by atoms with Gasteiger partial charge in [0, 0.05) is 38.5 Å². The van der Waals surface area contributed by atoms with E-state index in [1.54, 1.807) is 28.3 Å². The predicted octanol–water partition coefficient (Wildman–Crippen LogP) is 2.66. The van der Waals surface area contributed by atoms with Crippen LogP contribution in [0.15, 0.2) is 23.3 Å². The van der Waals surface area contributed by atoms with Crippen molar-refractivity contribution in [2.24, 2.45) is 13.0 Å². The molecule has 3 aromatic heterocycles. The van der Waals surface area contributed by atoms with Gasteiger partial charge in [0.25, 0.3) is 0 Å². The SMILES string of the molecule is Cc1cnn(C)c1-c1nc(N2CCC(C(=O)N(C)Cc3cscn3)CC2)ncc1F. The lowest BCUT2D eigenvalue weighted by Gasteiger charge is -2.33. The number of piperidine rings is 1. The number of carbonyl (C=O) groups is 1. The maximum atomic E-state index is 14.4. The van der Waals surface area contributed by atoms with E-state index < -0.39 is 5.82 Å². The summed E-state index contributed by atoms with van der Waals surface area (Å²) in [6.07, 6.45) is 4.32. The molecule has 0 N–H and O–H groups in total. The largest absolute Gasteiger partial charge is 0.341 e. The van der Waals surface area contributed by atoms with Gasteiger partial charge < -0.3 is 9.80 Å². The van der Waals surface area contributed by atoms with Gasteiger partial charge in [0.2, 0.25) is 11.9 Å². The van der Waals surface area contributed by atoms with E-state index in [0.29, 0.717) is 44.1 Å². The van der Waals surface area contributed by atoms with Crippen molar-refractivity contribution in [2.45, 2.75) is 26.3 Å². The molecule has 0 bridgehead atoms. The Kier molecular flexibility index (Phi) is 5.76. The number of thiazole rings is 1. The maximum Gasteiger partial charge on any atom is 0.226 e. The Morgan fingerprint density at radius 3 is 2.70 bits per heavy atom. The lowest BCUT2D eigenvalue weighted by molar-refractivity contribution is -0.135. The highest BCUT2D eigenvalue weighted by atomic mass is 32.1. The number of anilines is 1. The highest BCUT2D eigenvalue weighted by molar-refractivity contribution is 7.07. The third-order valence-corrected chi connectivity index (χ3v) is 6.10. The average Bonchev–Trinajstić information content (AvgIpc) is 3.37. The summed E-state index contributed by atoms with van der Waals surface area (Å²) in [5, 5.41) is 6.14. The monoisotopic (exact) mass is 429 g/mol. The first-order valence-electron chi connectivity index (χ1n) is 9.82. The lowest BCUT2D eigenvalue weighted by Crippen LogP contribution is -2.41. The van der Waals surface area contributed by atoms with Crippen molar-refractivity contribution in [3.8, 4) is 11.4 Å². The Morgan fingerprint density at radius 2 is 2.07 bits per heavy atom. The van der Waals surface area contributed by atoms with Crippen molar-refractivity contribution in [3.63, 3.8) is 0 Å². The van der Waals surface area contributed by atoms with Crippen LogP contribution in [0.1, 0.15) is 24.1 Å². The Morgan fingerprint density at radius 1 is 1.30 bits per heavy atom. The molecule has 158 valence electrons. The van der Waals surface area contributed by atoms with Crippen molar-refractivity contribution < 1.29 is 9.18 Å². The molecule has 0 aromatic carbocycles. The van der Waals surface area contributed by atoms with Gasteiger partial charge in [-0.05, 0) is 25.3 Å². The Balaban J connectivity index is 1.43. The molecule has 0 aliphatic carbocycles. The summed E-state index contributed by atoms with van der Waals surface area (Å²) in [5.74, 6) is 0.103. The van der Waals surface area contributed by atoms with Crippen molar-refractivity contribution in [3.05, 3.63) is 40.4 Å². The zero-order chi connectivity index (χ0) is 21.3. The lowest BCUT2D eigenvalue weighted by atomic mass is 9.95. The summed E-state index contributed by atoms with van der Waals surface area (Å²) < 4.78 is 16.1. The smallest absolute Gasteiger partial charge is 0.226 e. The van der Waals surface area contributed by atoms with Crippen LogP contribution in [0.5, 0.6) is 0 Å². The summed E-state index contributed by atoms with van der Waals surface area (Å²) in [6, 6.07) is 0. The molecular weight excluding hydrogens is 405 g/mol. The normalized spacial score (nSPS) is 14.9. The zero-order valence-corrected chi connectivity index (χ0v) is 18.1. The minimum absolute atomic E-state index is 0.0378. The Hall–Kier alpha value is -2.88. The summed E-state index contributed by atoms with van der Waals surface area (Å²) in [5.41, 5.74) is 4.43. The second-order valence-electron chi connectivity index (χ2n) is 7.60. The predicted molar refractivity (Wildman–Crippen MR) is 112 cm³/mol. The van der Waals surface area contributed by atoms with Gasteiger partial charge in [-0.2, -0.15) is 5.10 Å². The number of amides is 1. The number of carbonyl (C=O) groups excluding carboxylic acids is 1. The molecular formula is C20H24FN7OS. The number of halogens is 1. The molecule has 4 heterocycles. The molecule has 1 aliphatic rings. The van der Waals surface area contributed by atoms with E-state index in [9.17, 15) is 9.18 Å². The van der Waals surface area contributed by atoms with Crippen LogP contribution in [0.3, 0.4) is 0 Å². The minimum Gasteiger partial charge on any atom is -0.341 e. The summed E-state index contributed by atoms with van der Waals surface area (Å²) in [6.45, 7) is 3.70. The molecule has 1 amide bonds. The maximum absolute atomic E-state index is 14.4. The third-order valence-electron chi connectivity index (χ3n) is 5.46. The van der Waals surface area contributed by atoms with Gasteiger partial charge in [-0.25, -0.2) is 19.3 Å². The Bertz CT molecular complexity index is 1010. The van der Waals surface area contributed by atoms with Crippen molar-refractivity contribution in [1.29, 1.82) is 0 Å². The van der Waals surface area contributed by atoms with E-state index in [1.807, 2.05) is 24.3 Å². The number of hydrogen-bond acceptors (Lipinski definition) is 7. The van der Waals surface area contributed by atoms with Crippen LogP contribution in [-0.4, -0.2) is 55.7 Å². The van der Waals surface area contributed by atoms with Crippen molar-refractivity contribution in [2.75, 3.05) is 25.0 Å². The molecule has 0 spiro atoms. The van der Waals surface area contributed by atoms with Crippen LogP contribution >= 0.6 is 11.3 Å². The molecule has 3 aromatic rings. The fourth-order valence-corrected chi connectivity index (χ4v) is 4.39. The van der Waals surface area contributed by atoms with Crippen LogP contribution < -0.4 is 4.90 Å². The number of rotatable bonds is 5. The first-order chi connectivity index (χ1) is 14.4. The summed E-state index contributed by atoms with van der Waals surface area (Å²) >= 11 is 1.53. The van der Waals surface area contributed by atoms with Gasteiger partial charge in [-0.3, -0.25) is 9.48 Å². The summed E-state index contributed by atoms with van der Waals surface area (Å²) in [7, 11) is 3.59. The summed E-state index contributed by atoms with van der Waals surface area (Å²) in [4.78, 5) is 29.5. The van der Waals surface area contributed by atoms with E-state index in [1.165, 1.54) is 17.5 Å². The fourth-order valence-electron chi connectivity index (χ4n) is 3.84. The number of nitrogens with zero attached hydrogens (tertiary/aromatic N) is 7. The zero-order valence-electron chi connectivity index (χ0n) is 17.2. The Labute approximate surface area is 178 Å². The second-order valence-corrected chi connectivity index (χ2v) is 8.32. The second kappa shape index (κ2) is 8.47. The first kappa shape index (κ1) is 20.4. The van der Waals surface area contributed by atoms with E-state index in [-0.39, 0.29) is 17.5 Å². The average molecular weight is 430 g/mol. The molecule has 0 unspecified atom stereocenters. The van der Waals surface area contributed by atoms with Crippen LogP contribution in [0, 0.1) is 18.7 Å². The van der Waals surface area contributed by atoms with Gasteiger partial charge in [-0.15, -0.1) is 11.3 Å². The molecule has 8 nitrogen and oxygen atoms in total. The van der Waals surface area contributed by atoms with Crippen LogP contribution in [0.4, 0.5) is 10.3 Å². The third kappa shape index (κ3) is 4.04. The highest BCUT2D eigenvalue weighted by Gasteiger charge is 2.29. The topological polar surface area (TPSA) is 80.0 Å². The van der Waals surface area contributed by atoms with Crippen LogP contribution in [0.2, 0.25) is 0 Å². The highest BCUT2D eigenvalue weighted by Crippen LogP contribution is 2.27. The molecule has 1 saturated heterocycles. The molecule has 0 radical (unpaired) electrons. The van der Waals surface area contributed by atoms with Gasteiger partial charge in [0.15, 0.2) is 5.82 Å². The molecule has 0 atom stereocenters. The molecule has 0 saturated carbocycles. The van der Waals surface area contributed by atoms with E-state index in [0.717, 1.165) is 11.3 Å². The number of aromatic nitrogens is 5.